The molecule has 5 nitrogen and oxygen atoms in total. The van der Waals surface area contributed by atoms with Crippen LogP contribution in [0.25, 0.3) is 0 Å². The molecule has 4 rings (SSSR count). The van der Waals surface area contributed by atoms with Crippen LogP contribution in [0.3, 0.4) is 0 Å². The molecule has 0 radical (unpaired) electrons. The molecule has 0 aliphatic carbocycles. The van der Waals surface area contributed by atoms with Crippen LogP contribution in [0.5, 0.6) is 5.75 Å². The zero-order valence-corrected chi connectivity index (χ0v) is 12.4. The predicted molar refractivity (Wildman–Crippen MR) is 81.6 cm³/mol. The molecule has 114 valence electrons. The maximum Gasteiger partial charge on any atom is 0.264 e. The van der Waals surface area contributed by atoms with Crippen LogP contribution in [0, 0.1) is 0 Å². The summed E-state index contributed by atoms with van der Waals surface area (Å²) in [5.74, 6) is 0.953. The van der Waals surface area contributed by atoms with Gasteiger partial charge >= 0.3 is 0 Å². The summed E-state index contributed by atoms with van der Waals surface area (Å²) in [5.41, 5.74) is 1.13. The Kier molecular flexibility index (Phi) is 3.33. The Bertz CT molecular complexity index is 643. The lowest BCUT2D eigenvalue weighted by molar-refractivity contribution is -0.139. The van der Waals surface area contributed by atoms with Crippen molar-refractivity contribution in [1.82, 2.24) is 14.7 Å². The molecule has 1 aromatic carbocycles. The van der Waals surface area contributed by atoms with Gasteiger partial charge in [0.25, 0.3) is 5.91 Å². The van der Waals surface area contributed by atoms with E-state index in [0.717, 1.165) is 37.2 Å². The van der Waals surface area contributed by atoms with Gasteiger partial charge in [0.1, 0.15) is 5.75 Å². The van der Waals surface area contributed by atoms with Crippen molar-refractivity contribution in [3.8, 4) is 5.75 Å². The lowest BCUT2D eigenvalue weighted by Crippen LogP contribution is -2.46. The van der Waals surface area contributed by atoms with Crippen molar-refractivity contribution in [2.75, 3.05) is 13.1 Å². The van der Waals surface area contributed by atoms with Gasteiger partial charge in [-0.15, -0.1) is 0 Å². The Hall–Kier alpha value is -2.30. The molecule has 0 spiro atoms. The summed E-state index contributed by atoms with van der Waals surface area (Å²) in [6.45, 7) is 1.53. The molecule has 22 heavy (non-hydrogen) atoms. The Morgan fingerprint density at radius 1 is 1.27 bits per heavy atom. The van der Waals surface area contributed by atoms with Gasteiger partial charge in [-0.05, 0) is 30.5 Å². The molecular formula is C17H19N3O2. The largest absolute Gasteiger partial charge is 0.480 e. The number of likely N-dealkylation sites (tertiary alicyclic amines) is 1. The van der Waals surface area contributed by atoms with Gasteiger partial charge in [-0.3, -0.25) is 9.48 Å². The highest BCUT2D eigenvalue weighted by Crippen LogP contribution is 2.30. The summed E-state index contributed by atoms with van der Waals surface area (Å²) in [4.78, 5) is 14.7. The monoisotopic (exact) mass is 297 g/mol. The van der Waals surface area contributed by atoms with Crippen molar-refractivity contribution in [3.05, 3.63) is 48.3 Å². The van der Waals surface area contributed by atoms with Crippen molar-refractivity contribution in [1.29, 1.82) is 0 Å². The van der Waals surface area contributed by atoms with Gasteiger partial charge in [-0.25, -0.2) is 0 Å². The summed E-state index contributed by atoms with van der Waals surface area (Å²) in [7, 11) is 0. The fraction of sp³-hybridized carbons (Fsp3) is 0.412. The van der Waals surface area contributed by atoms with Crippen molar-refractivity contribution in [2.24, 2.45) is 0 Å². The van der Waals surface area contributed by atoms with Crippen molar-refractivity contribution in [3.63, 3.8) is 0 Å². The van der Waals surface area contributed by atoms with Gasteiger partial charge in [0, 0.05) is 31.9 Å². The van der Waals surface area contributed by atoms with Crippen LogP contribution in [-0.2, 0) is 11.2 Å². The molecule has 1 aromatic heterocycles. The number of aromatic nitrogens is 2. The summed E-state index contributed by atoms with van der Waals surface area (Å²) in [6, 6.07) is 10.1. The number of ether oxygens (including phenoxy) is 1. The molecule has 2 aromatic rings. The second-order valence-corrected chi connectivity index (χ2v) is 5.98. The lowest BCUT2D eigenvalue weighted by Gasteiger charge is -2.34. The molecule has 5 heteroatoms. The number of carbonyl (C=O) groups is 1. The molecule has 1 saturated heterocycles. The second-order valence-electron chi connectivity index (χ2n) is 5.98. The summed E-state index contributed by atoms with van der Waals surface area (Å²) in [6.07, 6.45) is 6.15. The fourth-order valence-electron chi connectivity index (χ4n) is 3.39. The summed E-state index contributed by atoms with van der Waals surface area (Å²) >= 11 is 0. The second kappa shape index (κ2) is 5.48. The average molecular weight is 297 g/mol. The zero-order chi connectivity index (χ0) is 14.9. The average Bonchev–Trinajstić information content (AvgIpc) is 3.23. The van der Waals surface area contributed by atoms with Gasteiger partial charge in [-0.1, -0.05) is 18.2 Å². The van der Waals surface area contributed by atoms with Crippen LogP contribution >= 0.6 is 0 Å². The van der Waals surface area contributed by atoms with Gasteiger partial charge in [-0.2, -0.15) is 5.10 Å². The number of hydrogen-bond donors (Lipinski definition) is 0. The molecule has 2 aliphatic rings. The maximum atomic E-state index is 12.8. The Morgan fingerprint density at radius 3 is 3.00 bits per heavy atom. The molecular weight excluding hydrogens is 278 g/mol. The fourth-order valence-corrected chi connectivity index (χ4v) is 3.39. The number of piperidine rings is 1. The number of rotatable bonds is 2. The Morgan fingerprint density at radius 2 is 2.18 bits per heavy atom. The van der Waals surface area contributed by atoms with E-state index in [0.29, 0.717) is 6.42 Å². The normalized spacial score (nSPS) is 23.9. The molecule has 0 saturated carbocycles. The lowest BCUT2D eigenvalue weighted by atomic mass is 10.0. The van der Waals surface area contributed by atoms with E-state index in [2.05, 4.69) is 5.10 Å². The number of amides is 1. The number of benzene rings is 1. The van der Waals surface area contributed by atoms with E-state index in [-0.39, 0.29) is 18.1 Å². The van der Waals surface area contributed by atoms with E-state index in [1.165, 1.54) is 0 Å². The minimum absolute atomic E-state index is 0.105. The van der Waals surface area contributed by atoms with E-state index < -0.39 is 0 Å². The summed E-state index contributed by atoms with van der Waals surface area (Å²) in [5, 5.41) is 4.31. The third-order valence-corrected chi connectivity index (χ3v) is 4.53. The number of para-hydroxylation sites is 1. The van der Waals surface area contributed by atoms with E-state index >= 15 is 0 Å². The van der Waals surface area contributed by atoms with Crippen molar-refractivity contribution in [2.45, 2.75) is 31.4 Å². The van der Waals surface area contributed by atoms with E-state index in [9.17, 15) is 4.79 Å². The molecule has 2 aliphatic heterocycles. The molecule has 0 unspecified atom stereocenters. The third-order valence-electron chi connectivity index (χ3n) is 4.53. The Balaban J connectivity index is 1.45. The first-order valence-electron chi connectivity index (χ1n) is 7.84. The third kappa shape index (κ3) is 2.36. The standard InChI is InChI=1S/C17H19N3O2/c21-17(16-11-13-5-1-2-7-15(13)22-16)19-9-3-6-14(12-19)20-10-4-8-18-20/h1-2,4-5,7-8,10,14,16H,3,6,9,11-12H2/t14-,16-/m0/s1. The molecule has 2 atom stereocenters. The SMILES string of the molecule is O=C([C@@H]1Cc2ccccc2O1)N1CCC[C@H](n2cccn2)C1. The maximum absolute atomic E-state index is 12.8. The van der Waals surface area contributed by atoms with Crippen LogP contribution in [0.4, 0.5) is 0 Å². The highest BCUT2D eigenvalue weighted by Gasteiger charge is 2.34. The van der Waals surface area contributed by atoms with E-state index in [4.69, 9.17) is 4.74 Å². The zero-order valence-electron chi connectivity index (χ0n) is 12.4. The van der Waals surface area contributed by atoms with Gasteiger partial charge in [0.05, 0.1) is 6.04 Å². The minimum Gasteiger partial charge on any atom is -0.480 e. The van der Waals surface area contributed by atoms with Gasteiger partial charge < -0.3 is 9.64 Å². The molecule has 3 heterocycles. The van der Waals surface area contributed by atoms with Crippen LogP contribution in [0.15, 0.2) is 42.7 Å². The minimum atomic E-state index is -0.367. The van der Waals surface area contributed by atoms with E-state index in [1.807, 2.05) is 46.1 Å². The number of carbonyl (C=O) groups excluding carboxylic acids is 1. The van der Waals surface area contributed by atoms with Crippen molar-refractivity contribution >= 4 is 5.91 Å². The highest BCUT2D eigenvalue weighted by molar-refractivity contribution is 5.82. The Labute approximate surface area is 129 Å². The van der Waals surface area contributed by atoms with Gasteiger partial charge in [0.2, 0.25) is 0 Å². The van der Waals surface area contributed by atoms with Crippen LogP contribution in [0.1, 0.15) is 24.4 Å². The smallest absolute Gasteiger partial charge is 0.264 e. The van der Waals surface area contributed by atoms with Crippen LogP contribution in [-0.4, -0.2) is 39.8 Å². The molecule has 1 amide bonds. The van der Waals surface area contributed by atoms with Crippen molar-refractivity contribution < 1.29 is 9.53 Å². The van der Waals surface area contributed by atoms with Crippen LogP contribution in [0.2, 0.25) is 0 Å². The number of hydrogen-bond acceptors (Lipinski definition) is 3. The topological polar surface area (TPSA) is 47.4 Å². The van der Waals surface area contributed by atoms with E-state index in [1.54, 1.807) is 6.20 Å². The first kappa shape index (κ1) is 13.4. The van der Waals surface area contributed by atoms with Crippen LogP contribution < -0.4 is 4.74 Å². The predicted octanol–water partition coefficient (Wildman–Crippen LogP) is 2.05. The first-order valence-corrected chi connectivity index (χ1v) is 7.84. The molecule has 1 fully saturated rings. The van der Waals surface area contributed by atoms with Gasteiger partial charge in [0.15, 0.2) is 6.10 Å². The number of fused-ring (bicyclic) bond motifs is 1. The molecule has 0 bridgehead atoms. The highest BCUT2D eigenvalue weighted by atomic mass is 16.5. The molecule has 0 N–H and O–H groups in total. The quantitative estimate of drug-likeness (QED) is 0.852. The number of nitrogens with zero attached hydrogens (tertiary/aromatic N) is 3. The first-order chi connectivity index (χ1) is 10.8. The summed E-state index contributed by atoms with van der Waals surface area (Å²) < 4.78 is 7.80.